The second-order valence-electron chi connectivity index (χ2n) is 3.22. The molecule has 0 bridgehead atoms. The molecule has 1 aromatic rings. The highest BCUT2D eigenvalue weighted by Crippen LogP contribution is 2.32. The zero-order valence-corrected chi connectivity index (χ0v) is 12.4. The number of ether oxygens (including phenoxy) is 1. The minimum Gasteiger partial charge on any atom is -0.465 e. The van der Waals surface area contributed by atoms with Gasteiger partial charge in [0.15, 0.2) is 0 Å². The zero-order chi connectivity index (χ0) is 13.4. The molecule has 18 heavy (non-hydrogen) atoms. The van der Waals surface area contributed by atoms with Gasteiger partial charge in [-0.1, -0.05) is 30.3 Å². The lowest BCUT2D eigenvalue weighted by Gasteiger charge is -2.12. The van der Waals surface area contributed by atoms with E-state index in [0.29, 0.717) is 6.61 Å². The molecular formula is C12H17O4PS. The molecule has 100 valence electrons. The fourth-order valence-corrected chi connectivity index (χ4v) is 3.93. The molecule has 0 aliphatic carbocycles. The Kier molecular flexibility index (Phi) is 7.13. The summed E-state index contributed by atoms with van der Waals surface area (Å²) >= 11 is 0. The third kappa shape index (κ3) is 4.50. The van der Waals surface area contributed by atoms with Gasteiger partial charge in [0.25, 0.3) is 0 Å². The summed E-state index contributed by atoms with van der Waals surface area (Å²) in [6, 6.07) is 9.52. The molecule has 1 atom stereocenters. The van der Waals surface area contributed by atoms with Crippen LogP contribution in [0.4, 0.5) is 0 Å². The molecule has 6 heteroatoms. The minimum absolute atomic E-state index is 0.253. The lowest BCUT2D eigenvalue weighted by Crippen LogP contribution is -2.12. The Morgan fingerprint density at radius 2 is 1.89 bits per heavy atom. The van der Waals surface area contributed by atoms with Crippen molar-refractivity contribution in [1.82, 2.24) is 0 Å². The Balaban J connectivity index is 3.03. The largest absolute Gasteiger partial charge is 0.465 e. The Hall–Kier alpha value is -0.740. The number of carbonyl (C=O) groups excluding carboxylic acids is 1. The summed E-state index contributed by atoms with van der Waals surface area (Å²) in [7, 11) is 3.15. The van der Waals surface area contributed by atoms with Gasteiger partial charge in [-0.2, -0.15) is 0 Å². The monoisotopic (exact) mass is 288 g/mol. The van der Waals surface area contributed by atoms with Crippen molar-refractivity contribution in [2.75, 3.05) is 20.8 Å². The van der Waals surface area contributed by atoms with Gasteiger partial charge in [-0.3, -0.25) is 13.2 Å². The van der Waals surface area contributed by atoms with Gasteiger partial charge in [0.05, 0.1) is 20.8 Å². The van der Waals surface area contributed by atoms with E-state index in [0.717, 1.165) is 12.9 Å². The summed E-state index contributed by atoms with van der Waals surface area (Å²) in [5, 5.41) is 0. The summed E-state index contributed by atoms with van der Waals surface area (Å²) in [4.78, 5) is 12.0. The molecule has 1 rings (SSSR count). The minimum atomic E-state index is -0.722. The Bertz CT molecular complexity index is 402. The quantitative estimate of drug-likeness (QED) is 0.596. The van der Waals surface area contributed by atoms with Crippen LogP contribution in [-0.2, 0) is 28.5 Å². The van der Waals surface area contributed by atoms with Crippen LogP contribution in [0.25, 0.3) is 0 Å². The molecule has 4 nitrogen and oxygen atoms in total. The molecular weight excluding hydrogens is 271 g/mol. The third-order valence-corrected chi connectivity index (χ3v) is 5.61. The maximum Gasteiger partial charge on any atom is 0.322 e. The SMILES string of the molecule is CCOC(=O)C(P=S(OC)OC)c1ccccc1. The summed E-state index contributed by atoms with van der Waals surface area (Å²) in [5.74, 6) is -0.253. The highest BCUT2D eigenvalue weighted by Gasteiger charge is 2.21. The molecule has 0 saturated carbocycles. The van der Waals surface area contributed by atoms with Crippen LogP contribution in [0.3, 0.4) is 0 Å². The van der Waals surface area contributed by atoms with E-state index in [1.54, 1.807) is 21.1 Å². The van der Waals surface area contributed by atoms with Crippen LogP contribution in [0, 0.1) is 0 Å². The highest BCUT2D eigenvalue weighted by atomic mass is 32.5. The van der Waals surface area contributed by atoms with Crippen molar-refractivity contribution in [1.29, 1.82) is 0 Å². The Labute approximate surface area is 111 Å². The zero-order valence-electron chi connectivity index (χ0n) is 10.7. The number of esters is 1. The first-order valence-electron chi connectivity index (χ1n) is 5.48. The van der Waals surface area contributed by atoms with Crippen molar-refractivity contribution in [3.8, 4) is 0 Å². The first-order chi connectivity index (χ1) is 8.72. The van der Waals surface area contributed by atoms with Gasteiger partial charge in [0.2, 0.25) is 0 Å². The standard InChI is InChI=1S/C12H17O4PS/c1-4-16-12(13)11(17-18(14-2)15-3)10-8-6-5-7-9-10/h5-9,11H,4H2,1-3H3. The van der Waals surface area contributed by atoms with E-state index in [2.05, 4.69) is 0 Å². The van der Waals surface area contributed by atoms with Crippen molar-refractivity contribution in [2.45, 2.75) is 12.6 Å². The molecule has 0 amide bonds. The number of rotatable bonds is 6. The summed E-state index contributed by atoms with van der Waals surface area (Å²) in [6.45, 7) is 2.16. The van der Waals surface area contributed by atoms with E-state index in [4.69, 9.17) is 13.1 Å². The normalized spacial score (nSPS) is 12.7. The molecule has 0 aromatic heterocycles. The lowest BCUT2D eigenvalue weighted by molar-refractivity contribution is -0.142. The smallest absolute Gasteiger partial charge is 0.322 e. The molecule has 0 saturated heterocycles. The first kappa shape index (κ1) is 15.3. The van der Waals surface area contributed by atoms with E-state index in [-0.39, 0.29) is 11.6 Å². The van der Waals surface area contributed by atoms with E-state index < -0.39 is 10.6 Å². The van der Waals surface area contributed by atoms with Gasteiger partial charge in [0.1, 0.15) is 16.3 Å². The predicted octanol–water partition coefficient (Wildman–Crippen LogP) is 2.89. The maximum atomic E-state index is 12.0. The van der Waals surface area contributed by atoms with Gasteiger partial charge in [0, 0.05) is 7.36 Å². The summed E-state index contributed by atoms with van der Waals surface area (Å²) < 4.78 is 15.4. The van der Waals surface area contributed by atoms with E-state index in [1.165, 1.54) is 0 Å². The molecule has 0 aliphatic rings. The van der Waals surface area contributed by atoms with Crippen LogP contribution in [0.2, 0.25) is 0 Å². The average molecular weight is 288 g/mol. The second kappa shape index (κ2) is 8.38. The Morgan fingerprint density at radius 3 is 2.39 bits per heavy atom. The van der Waals surface area contributed by atoms with Crippen molar-refractivity contribution in [3.63, 3.8) is 0 Å². The predicted molar refractivity (Wildman–Crippen MR) is 74.1 cm³/mol. The lowest BCUT2D eigenvalue weighted by atomic mass is 10.1. The fourth-order valence-electron chi connectivity index (χ4n) is 1.34. The van der Waals surface area contributed by atoms with Crippen molar-refractivity contribution in [3.05, 3.63) is 35.9 Å². The van der Waals surface area contributed by atoms with Crippen molar-refractivity contribution in [2.24, 2.45) is 0 Å². The molecule has 1 unspecified atom stereocenters. The van der Waals surface area contributed by atoms with Crippen LogP contribution in [0.15, 0.2) is 30.3 Å². The number of hydrogen-bond donors (Lipinski definition) is 0. The molecule has 1 aromatic carbocycles. The fraction of sp³-hybridized carbons (Fsp3) is 0.417. The van der Waals surface area contributed by atoms with E-state index >= 15 is 0 Å². The van der Waals surface area contributed by atoms with E-state index in [9.17, 15) is 4.79 Å². The van der Waals surface area contributed by atoms with E-state index in [1.807, 2.05) is 30.3 Å². The highest BCUT2D eigenvalue weighted by molar-refractivity contribution is 8.15. The molecule has 0 N–H and O–H groups in total. The number of benzene rings is 1. The maximum absolute atomic E-state index is 12.0. The average Bonchev–Trinajstić information content (AvgIpc) is 2.41. The topological polar surface area (TPSA) is 44.8 Å². The molecule has 0 radical (unpaired) electrons. The molecule has 0 heterocycles. The Morgan fingerprint density at radius 1 is 1.28 bits per heavy atom. The van der Waals surface area contributed by atoms with Crippen LogP contribution in [0.1, 0.15) is 18.1 Å². The van der Waals surface area contributed by atoms with Crippen LogP contribution in [-0.4, -0.2) is 26.8 Å². The van der Waals surface area contributed by atoms with Crippen molar-refractivity contribution >= 4 is 24.0 Å². The van der Waals surface area contributed by atoms with Gasteiger partial charge >= 0.3 is 5.97 Å². The van der Waals surface area contributed by atoms with Crippen LogP contribution < -0.4 is 0 Å². The van der Waals surface area contributed by atoms with Gasteiger partial charge in [-0.05, 0) is 12.5 Å². The second-order valence-corrected chi connectivity index (χ2v) is 6.58. The van der Waals surface area contributed by atoms with Gasteiger partial charge in [-0.15, -0.1) is 0 Å². The third-order valence-electron chi connectivity index (χ3n) is 2.10. The van der Waals surface area contributed by atoms with Gasteiger partial charge < -0.3 is 4.74 Å². The molecule has 0 aliphatic heterocycles. The van der Waals surface area contributed by atoms with Crippen LogP contribution in [0.5, 0.6) is 0 Å². The van der Waals surface area contributed by atoms with Gasteiger partial charge in [-0.25, -0.2) is 0 Å². The molecule has 0 spiro atoms. The first-order valence-corrected chi connectivity index (χ1v) is 8.13. The number of hydrogen-bond acceptors (Lipinski definition) is 4. The van der Waals surface area contributed by atoms with Crippen LogP contribution >= 0.6 is 7.36 Å². The molecule has 0 fully saturated rings. The number of carbonyl (C=O) groups is 1. The summed E-state index contributed by atoms with van der Waals surface area (Å²) in [6.07, 6.45) is 0. The summed E-state index contributed by atoms with van der Waals surface area (Å²) in [5.41, 5.74) is 0.526. The van der Waals surface area contributed by atoms with Crippen molar-refractivity contribution < 1.29 is 17.9 Å².